The van der Waals surface area contributed by atoms with Crippen LogP contribution in [-0.2, 0) is 11.2 Å². The fourth-order valence-corrected chi connectivity index (χ4v) is 2.71. The van der Waals surface area contributed by atoms with Crippen LogP contribution in [0.3, 0.4) is 0 Å². The summed E-state index contributed by atoms with van der Waals surface area (Å²) in [6.45, 7) is 6.05. The van der Waals surface area contributed by atoms with Gasteiger partial charge in [0.1, 0.15) is 0 Å². The van der Waals surface area contributed by atoms with Crippen molar-refractivity contribution in [3.63, 3.8) is 0 Å². The van der Waals surface area contributed by atoms with E-state index < -0.39 is 0 Å². The molecule has 19 heavy (non-hydrogen) atoms. The Morgan fingerprint density at radius 2 is 2.26 bits per heavy atom. The lowest BCUT2D eigenvalue weighted by Gasteiger charge is -2.27. The van der Waals surface area contributed by atoms with Crippen molar-refractivity contribution in [1.82, 2.24) is 0 Å². The van der Waals surface area contributed by atoms with Crippen molar-refractivity contribution in [2.75, 3.05) is 25.2 Å². The molecule has 0 saturated carbocycles. The molecule has 1 aromatic carbocycles. The molecule has 2 atom stereocenters. The molecule has 0 bridgehead atoms. The van der Waals surface area contributed by atoms with Crippen LogP contribution >= 0.6 is 0 Å². The molecule has 3 heteroatoms. The lowest BCUT2D eigenvalue weighted by molar-refractivity contribution is 0.193. The Bertz CT molecular complexity index is 413. The first-order valence-electron chi connectivity index (χ1n) is 7.27. The Morgan fingerprint density at radius 1 is 1.47 bits per heavy atom. The number of hydrogen-bond donors (Lipinski definition) is 1. The lowest BCUT2D eigenvalue weighted by atomic mass is 10.0. The van der Waals surface area contributed by atoms with Gasteiger partial charge < -0.3 is 15.4 Å². The number of rotatable bonds is 5. The Hall–Kier alpha value is -1.06. The molecule has 3 nitrogen and oxygen atoms in total. The molecule has 0 spiro atoms. The van der Waals surface area contributed by atoms with Crippen LogP contribution in [-0.4, -0.2) is 32.3 Å². The second kappa shape index (κ2) is 6.40. The summed E-state index contributed by atoms with van der Waals surface area (Å²) in [5.74, 6) is 0. The molecule has 0 amide bonds. The number of likely N-dealkylation sites (N-methyl/N-ethyl adjacent to an activating group) is 1. The third-order valence-corrected chi connectivity index (χ3v) is 4.12. The molecule has 1 aromatic rings. The summed E-state index contributed by atoms with van der Waals surface area (Å²) in [5, 5.41) is 0. The Morgan fingerprint density at radius 3 is 2.84 bits per heavy atom. The van der Waals surface area contributed by atoms with Gasteiger partial charge in [-0.2, -0.15) is 0 Å². The van der Waals surface area contributed by atoms with E-state index in [0.29, 0.717) is 6.04 Å². The van der Waals surface area contributed by atoms with E-state index in [1.54, 1.807) is 0 Å². The highest BCUT2D eigenvalue weighted by atomic mass is 16.5. The van der Waals surface area contributed by atoms with Crippen LogP contribution in [0.2, 0.25) is 0 Å². The molecule has 1 fully saturated rings. The molecular weight excluding hydrogens is 236 g/mol. The van der Waals surface area contributed by atoms with Crippen molar-refractivity contribution in [3.05, 3.63) is 29.3 Å². The molecule has 2 N–H and O–H groups in total. The number of anilines is 1. The van der Waals surface area contributed by atoms with Crippen LogP contribution in [0.15, 0.2) is 18.2 Å². The minimum atomic E-state index is 0.270. The van der Waals surface area contributed by atoms with Gasteiger partial charge in [0.05, 0.1) is 12.6 Å². The average Bonchev–Trinajstić information content (AvgIpc) is 2.92. The zero-order valence-electron chi connectivity index (χ0n) is 12.4. The monoisotopic (exact) mass is 262 g/mol. The fourth-order valence-electron chi connectivity index (χ4n) is 2.71. The topological polar surface area (TPSA) is 38.5 Å². The zero-order chi connectivity index (χ0) is 13.8. The van der Waals surface area contributed by atoms with Gasteiger partial charge in [-0.25, -0.2) is 0 Å². The summed E-state index contributed by atoms with van der Waals surface area (Å²) < 4.78 is 5.47. The number of benzene rings is 1. The molecule has 0 radical (unpaired) electrons. The van der Waals surface area contributed by atoms with Crippen LogP contribution in [0.1, 0.15) is 30.9 Å². The number of nitrogens with zero attached hydrogens (tertiary/aromatic N) is 1. The third-order valence-electron chi connectivity index (χ3n) is 4.12. The number of aryl methyl sites for hydroxylation is 1. The SMILES string of the molecule is CCC(N)Cc1ccc(N(C)C2CCOC2)c(C)c1. The van der Waals surface area contributed by atoms with E-state index in [4.69, 9.17) is 10.5 Å². The van der Waals surface area contributed by atoms with Gasteiger partial charge in [0.15, 0.2) is 0 Å². The normalized spacial score (nSPS) is 20.5. The molecule has 2 rings (SSSR count). The van der Waals surface area contributed by atoms with Gasteiger partial charge in [0.2, 0.25) is 0 Å². The van der Waals surface area contributed by atoms with Gasteiger partial charge in [0.25, 0.3) is 0 Å². The second-order valence-corrected chi connectivity index (χ2v) is 5.62. The molecule has 1 aliphatic heterocycles. The van der Waals surface area contributed by atoms with Gasteiger partial charge in [-0.1, -0.05) is 19.1 Å². The summed E-state index contributed by atoms with van der Waals surface area (Å²) in [7, 11) is 2.17. The van der Waals surface area contributed by atoms with E-state index in [2.05, 4.69) is 44.0 Å². The van der Waals surface area contributed by atoms with Crippen molar-refractivity contribution >= 4 is 5.69 Å². The predicted octanol–water partition coefficient (Wildman–Crippen LogP) is 2.50. The Labute approximate surface area is 116 Å². The first-order valence-corrected chi connectivity index (χ1v) is 7.27. The summed E-state index contributed by atoms with van der Waals surface area (Å²) >= 11 is 0. The van der Waals surface area contributed by atoms with E-state index in [-0.39, 0.29) is 6.04 Å². The second-order valence-electron chi connectivity index (χ2n) is 5.62. The fraction of sp³-hybridized carbons (Fsp3) is 0.625. The predicted molar refractivity (Wildman–Crippen MR) is 80.8 cm³/mol. The van der Waals surface area contributed by atoms with E-state index in [9.17, 15) is 0 Å². The molecule has 1 aliphatic rings. The van der Waals surface area contributed by atoms with Gasteiger partial charge in [0, 0.05) is 25.4 Å². The third kappa shape index (κ3) is 3.48. The summed E-state index contributed by atoms with van der Waals surface area (Å²) in [6.07, 6.45) is 3.12. The molecule has 1 heterocycles. The highest BCUT2D eigenvalue weighted by Crippen LogP contribution is 2.25. The van der Waals surface area contributed by atoms with Crippen LogP contribution in [0, 0.1) is 6.92 Å². The van der Waals surface area contributed by atoms with E-state index in [0.717, 1.165) is 32.5 Å². The van der Waals surface area contributed by atoms with Gasteiger partial charge in [-0.15, -0.1) is 0 Å². The van der Waals surface area contributed by atoms with Crippen molar-refractivity contribution in [2.24, 2.45) is 5.73 Å². The number of hydrogen-bond acceptors (Lipinski definition) is 3. The number of nitrogens with two attached hydrogens (primary N) is 1. The van der Waals surface area contributed by atoms with Crippen molar-refractivity contribution < 1.29 is 4.74 Å². The zero-order valence-corrected chi connectivity index (χ0v) is 12.4. The molecular formula is C16H26N2O. The highest BCUT2D eigenvalue weighted by molar-refractivity contribution is 5.55. The molecule has 0 aromatic heterocycles. The van der Waals surface area contributed by atoms with E-state index in [1.807, 2.05) is 0 Å². The summed E-state index contributed by atoms with van der Waals surface area (Å²) in [5.41, 5.74) is 10.0. The van der Waals surface area contributed by atoms with Crippen molar-refractivity contribution in [1.29, 1.82) is 0 Å². The minimum absolute atomic E-state index is 0.270. The average molecular weight is 262 g/mol. The van der Waals surface area contributed by atoms with Gasteiger partial charge >= 0.3 is 0 Å². The molecule has 1 saturated heterocycles. The van der Waals surface area contributed by atoms with E-state index >= 15 is 0 Å². The van der Waals surface area contributed by atoms with Crippen molar-refractivity contribution in [3.8, 4) is 0 Å². The largest absolute Gasteiger partial charge is 0.379 e. The van der Waals surface area contributed by atoms with Crippen LogP contribution in [0.25, 0.3) is 0 Å². The lowest BCUT2D eigenvalue weighted by Crippen LogP contribution is -2.32. The van der Waals surface area contributed by atoms with Crippen LogP contribution < -0.4 is 10.6 Å². The molecule has 2 unspecified atom stereocenters. The first kappa shape index (κ1) is 14.4. The van der Waals surface area contributed by atoms with Gasteiger partial charge in [-0.05, 0) is 43.4 Å². The summed E-state index contributed by atoms with van der Waals surface area (Å²) in [4.78, 5) is 2.35. The summed E-state index contributed by atoms with van der Waals surface area (Å²) in [6, 6.07) is 7.50. The quantitative estimate of drug-likeness (QED) is 0.886. The van der Waals surface area contributed by atoms with Gasteiger partial charge in [-0.3, -0.25) is 0 Å². The van der Waals surface area contributed by atoms with Crippen LogP contribution in [0.4, 0.5) is 5.69 Å². The molecule has 0 aliphatic carbocycles. The Kier molecular flexibility index (Phi) is 4.83. The van der Waals surface area contributed by atoms with Crippen molar-refractivity contribution in [2.45, 2.75) is 45.2 Å². The maximum Gasteiger partial charge on any atom is 0.0670 e. The molecule has 106 valence electrons. The smallest absolute Gasteiger partial charge is 0.0670 e. The standard InChI is InChI=1S/C16H26N2O/c1-4-14(17)10-13-5-6-16(12(2)9-13)18(3)15-7-8-19-11-15/h5-6,9,14-15H,4,7-8,10-11,17H2,1-3H3. The highest BCUT2D eigenvalue weighted by Gasteiger charge is 2.21. The van der Waals surface area contributed by atoms with Crippen LogP contribution in [0.5, 0.6) is 0 Å². The maximum absolute atomic E-state index is 6.03. The number of ether oxygens (including phenoxy) is 1. The first-order chi connectivity index (χ1) is 9.11. The maximum atomic E-state index is 6.03. The minimum Gasteiger partial charge on any atom is -0.379 e. The van der Waals surface area contributed by atoms with E-state index in [1.165, 1.54) is 16.8 Å². The Balaban J connectivity index is 2.09.